The Bertz CT molecular complexity index is 727. The Morgan fingerprint density at radius 2 is 2.13 bits per heavy atom. The number of phenolic OH excluding ortho intramolecular Hbond substituents is 1. The molecule has 1 saturated heterocycles. The van der Waals surface area contributed by atoms with Gasteiger partial charge in [0.2, 0.25) is 0 Å². The molecule has 1 aliphatic carbocycles. The van der Waals surface area contributed by atoms with E-state index in [1.54, 1.807) is 12.1 Å². The van der Waals surface area contributed by atoms with E-state index in [1.165, 1.54) is 12.8 Å². The van der Waals surface area contributed by atoms with Crippen LogP contribution >= 0.6 is 0 Å². The molecule has 2 aromatic rings. The Hall–Kier alpha value is -1.88. The fourth-order valence-corrected chi connectivity index (χ4v) is 3.48. The van der Waals surface area contributed by atoms with Crippen LogP contribution in [0.1, 0.15) is 67.0 Å². The Labute approximate surface area is 135 Å². The van der Waals surface area contributed by atoms with Gasteiger partial charge < -0.3 is 15.4 Å². The number of piperidine rings is 1. The lowest BCUT2D eigenvalue weighted by molar-refractivity contribution is 0.0975. The van der Waals surface area contributed by atoms with Crippen molar-refractivity contribution in [2.75, 3.05) is 6.54 Å². The van der Waals surface area contributed by atoms with Crippen molar-refractivity contribution in [2.24, 2.45) is 0 Å². The van der Waals surface area contributed by atoms with Crippen molar-refractivity contribution in [3.8, 4) is 5.75 Å². The maximum atomic E-state index is 12.6. The molecule has 1 aromatic heterocycles. The number of nitrogens with one attached hydrogen (secondary N) is 2. The first-order chi connectivity index (χ1) is 11.2. The molecular weight excluding hydrogens is 290 g/mol. The molecule has 2 heterocycles. The van der Waals surface area contributed by atoms with Gasteiger partial charge in [0, 0.05) is 23.9 Å². The van der Waals surface area contributed by atoms with E-state index in [0.29, 0.717) is 35.0 Å². The lowest BCUT2D eigenvalue weighted by Crippen LogP contribution is -2.34. The Kier molecular flexibility index (Phi) is 3.81. The van der Waals surface area contributed by atoms with Gasteiger partial charge in [0.1, 0.15) is 22.6 Å². The second kappa shape index (κ2) is 5.96. The average Bonchev–Trinajstić information content (AvgIpc) is 3.33. The first kappa shape index (κ1) is 14.7. The highest BCUT2D eigenvalue weighted by atomic mass is 16.3. The molecule has 1 atom stereocenters. The van der Waals surface area contributed by atoms with Crippen LogP contribution in [0.5, 0.6) is 5.75 Å². The number of ketones is 1. The second-order valence-corrected chi connectivity index (χ2v) is 6.86. The summed E-state index contributed by atoms with van der Waals surface area (Å²) in [6.45, 7) is 1.06. The number of imidazole rings is 1. The Morgan fingerprint density at radius 3 is 2.87 bits per heavy atom. The zero-order valence-electron chi connectivity index (χ0n) is 13.3. The van der Waals surface area contributed by atoms with Gasteiger partial charge in [-0.05, 0) is 50.8 Å². The summed E-state index contributed by atoms with van der Waals surface area (Å²) >= 11 is 0. The first-order valence-electron chi connectivity index (χ1n) is 8.70. The number of hydrogen-bond acceptors (Lipinski definition) is 4. The second-order valence-electron chi connectivity index (χ2n) is 6.86. The SMILES string of the molecule is O=C(CCC1CCCCN1)c1ccc(O)c2[nH]c(C3CC3)nc12. The minimum absolute atomic E-state index is 0.122. The van der Waals surface area contributed by atoms with Crippen molar-refractivity contribution >= 4 is 16.8 Å². The molecule has 5 nitrogen and oxygen atoms in total. The number of rotatable bonds is 5. The molecule has 3 N–H and O–H groups in total. The van der Waals surface area contributed by atoms with Crippen LogP contribution in [-0.2, 0) is 0 Å². The number of fused-ring (bicyclic) bond motifs is 1. The highest BCUT2D eigenvalue weighted by molar-refractivity contribution is 6.07. The zero-order valence-corrected chi connectivity index (χ0v) is 13.3. The minimum atomic E-state index is 0.122. The largest absolute Gasteiger partial charge is 0.506 e. The van der Waals surface area contributed by atoms with E-state index < -0.39 is 0 Å². The van der Waals surface area contributed by atoms with Crippen molar-refractivity contribution in [2.45, 2.75) is 56.9 Å². The number of carbonyl (C=O) groups excluding carboxylic acids is 1. The fraction of sp³-hybridized carbons (Fsp3) is 0.556. The van der Waals surface area contributed by atoms with Gasteiger partial charge in [0.05, 0.1) is 0 Å². The van der Waals surface area contributed by atoms with E-state index in [9.17, 15) is 9.90 Å². The molecule has 1 aromatic carbocycles. The lowest BCUT2D eigenvalue weighted by atomic mass is 9.97. The number of aromatic amines is 1. The van der Waals surface area contributed by atoms with Crippen LogP contribution in [0.3, 0.4) is 0 Å². The average molecular weight is 313 g/mol. The Balaban J connectivity index is 1.55. The summed E-state index contributed by atoms with van der Waals surface area (Å²) in [5, 5.41) is 13.5. The standard InChI is InChI=1S/C18H23N3O2/c22-14(8-6-12-3-1-2-10-19-12)13-7-9-15(23)17-16(13)20-18(21-17)11-4-5-11/h7,9,11-12,19,23H,1-6,8,10H2,(H,20,21). The summed E-state index contributed by atoms with van der Waals surface area (Å²) in [6, 6.07) is 3.77. The van der Waals surface area contributed by atoms with Gasteiger partial charge in [-0.15, -0.1) is 0 Å². The minimum Gasteiger partial charge on any atom is -0.506 e. The van der Waals surface area contributed by atoms with Crippen LogP contribution in [0.25, 0.3) is 11.0 Å². The van der Waals surface area contributed by atoms with E-state index >= 15 is 0 Å². The normalized spacial score (nSPS) is 21.7. The molecule has 2 fully saturated rings. The molecule has 1 unspecified atom stereocenters. The number of phenols is 1. The van der Waals surface area contributed by atoms with Crippen molar-refractivity contribution in [3.63, 3.8) is 0 Å². The third-order valence-electron chi connectivity index (χ3n) is 5.04. The third-order valence-corrected chi connectivity index (χ3v) is 5.04. The van der Waals surface area contributed by atoms with E-state index in [0.717, 1.165) is 38.1 Å². The number of hydrogen-bond donors (Lipinski definition) is 3. The van der Waals surface area contributed by atoms with E-state index in [2.05, 4.69) is 15.3 Å². The van der Waals surface area contributed by atoms with Gasteiger partial charge in [0.15, 0.2) is 5.78 Å². The van der Waals surface area contributed by atoms with Gasteiger partial charge in [-0.25, -0.2) is 4.98 Å². The molecule has 1 aliphatic heterocycles. The van der Waals surface area contributed by atoms with Gasteiger partial charge in [0.25, 0.3) is 0 Å². The Morgan fingerprint density at radius 1 is 1.26 bits per heavy atom. The van der Waals surface area contributed by atoms with Crippen molar-refractivity contribution in [1.82, 2.24) is 15.3 Å². The van der Waals surface area contributed by atoms with E-state index in [-0.39, 0.29) is 11.5 Å². The number of nitrogens with zero attached hydrogens (tertiary/aromatic N) is 1. The fourth-order valence-electron chi connectivity index (χ4n) is 3.48. The van der Waals surface area contributed by atoms with Crippen LogP contribution < -0.4 is 5.32 Å². The molecule has 0 bridgehead atoms. The van der Waals surface area contributed by atoms with Crippen molar-refractivity contribution in [3.05, 3.63) is 23.5 Å². The van der Waals surface area contributed by atoms with Crippen LogP contribution in [0.2, 0.25) is 0 Å². The number of aromatic nitrogens is 2. The molecule has 5 heteroatoms. The molecule has 1 saturated carbocycles. The molecular formula is C18H23N3O2. The van der Waals surface area contributed by atoms with Crippen LogP contribution in [0, 0.1) is 0 Å². The van der Waals surface area contributed by atoms with Crippen molar-refractivity contribution in [1.29, 1.82) is 0 Å². The molecule has 23 heavy (non-hydrogen) atoms. The topological polar surface area (TPSA) is 78.0 Å². The van der Waals surface area contributed by atoms with Gasteiger partial charge in [-0.2, -0.15) is 0 Å². The molecule has 2 aliphatic rings. The summed E-state index contributed by atoms with van der Waals surface area (Å²) in [7, 11) is 0. The number of carbonyl (C=O) groups is 1. The van der Waals surface area contributed by atoms with Crippen LogP contribution in [-0.4, -0.2) is 33.4 Å². The summed E-state index contributed by atoms with van der Waals surface area (Å²) in [6.07, 6.45) is 7.32. The molecule has 122 valence electrons. The number of Topliss-reactive ketones (excluding diaryl/α,β-unsaturated/α-hetero) is 1. The van der Waals surface area contributed by atoms with Gasteiger partial charge in [-0.1, -0.05) is 6.42 Å². The van der Waals surface area contributed by atoms with Crippen LogP contribution in [0.4, 0.5) is 0 Å². The van der Waals surface area contributed by atoms with Gasteiger partial charge >= 0.3 is 0 Å². The van der Waals surface area contributed by atoms with E-state index in [1.807, 2.05) is 0 Å². The highest BCUT2D eigenvalue weighted by Crippen LogP contribution is 2.40. The summed E-state index contributed by atoms with van der Waals surface area (Å²) in [4.78, 5) is 20.4. The summed E-state index contributed by atoms with van der Waals surface area (Å²) in [5.41, 5.74) is 1.87. The third kappa shape index (κ3) is 2.98. The number of aromatic hydroxyl groups is 1. The molecule has 0 radical (unpaired) electrons. The quantitative estimate of drug-likeness (QED) is 0.740. The lowest BCUT2D eigenvalue weighted by Gasteiger charge is -2.23. The van der Waals surface area contributed by atoms with Gasteiger partial charge in [-0.3, -0.25) is 4.79 Å². The smallest absolute Gasteiger partial charge is 0.165 e. The van der Waals surface area contributed by atoms with Crippen LogP contribution in [0.15, 0.2) is 12.1 Å². The van der Waals surface area contributed by atoms with E-state index in [4.69, 9.17) is 0 Å². The zero-order chi connectivity index (χ0) is 15.8. The molecule has 0 spiro atoms. The predicted molar refractivity (Wildman–Crippen MR) is 88.9 cm³/mol. The maximum Gasteiger partial charge on any atom is 0.165 e. The molecule has 4 rings (SSSR count). The highest BCUT2D eigenvalue weighted by Gasteiger charge is 2.28. The predicted octanol–water partition coefficient (Wildman–Crippen LogP) is 3.25. The summed E-state index contributed by atoms with van der Waals surface area (Å²) < 4.78 is 0. The summed E-state index contributed by atoms with van der Waals surface area (Å²) in [5.74, 6) is 1.67. The molecule has 0 amide bonds. The maximum absolute atomic E-state index is 12.6. The first-order valence-corrected chi connectivity index (χ1v) is 8.70. The number of H-pyrrole nitrogens is 1. The van der Waals surface area contributed by atoms with Crippen molar-refractivity contribution < 1.29 is 9.90 Å². The monoisotopic (exact) mass is 313 g/mol. The number of benzene rings is 1.